The summed E-state index contributed by atoms with van der Waals surface area (Å²) in [5.74, 6) is 0.465. The Bertz CT molecular complexity index is 378. The number of ether oxygens (including phenoxy) is 2. The van der Waals surface area contributed by atoms with E-state index in [-0.39, 0.29) is 0 Å². The average molecular weight is 320 g/mol. The summed E-state index contributed by atoms with van der Waals surface area (Å²) >= 11 is 12.1. The highest BCUT2D eigenvalue weighted by molar-refractivity contribution is 6.31. The van der Waals surface area contributed by atoms with Gasteiger partial charge in [0.2, 0.25) is 0 Å². The van der Waals surface area contributed by atoms with E-state index >= 15 is 0 Å². The zero-order chi connectivity index (χ0) is 14.8. The van der Waals surface area contributed by atoms with Gasteiger partial charge in [0, 0.05) is 42.9 Å². The molecule has 0 aromatic heterocycles. The van der Waals surface area contributed by atoms with E-state index < -0.39 is 0 Å². The van der Waals surface area contributed by atoms with E-state index in [0.29, 0.717) is 24.1 Å². The molecule has 0 spiro atoms. The molecule has 20 heavy (non-hydrogen) atoms. The van der Waals surface area contributed by atoms with Crippen LogP contribution in [0.2, 0.25) is 5.02 Å². The summed E-state index contributed by atoms with van der Waals surface area (Å²) in [7, 11) is 0. The Morgan fingerprint density at radius 3 is 2.15 bits per heavy atom. The van der Waals surface area contributed by atoms with Crippen molar-refractivity contribution < 1.29 is 9.47 Å². The first-order valence-electron chi connectivity index (χ1n) is 6.97. The minimum Gasteiger partial charge on any atom is -0.380 e. The zero-order valence-corrected chi connectivity index (χ0v) is 13.7. The van der Waals surface area contributed by atoms with E-state index in [2.05, 4.69) is 4.90 Å². The Morgan fingerprint density at radius 1 is 1.05 bits per heavy atom. The number of nitrogens with zero attached hydrogens (tertiary/aromatic N) is 1. The maximum atomic E-state index is 6.11. The summed E-state index contributed by atoms with van der Waals surface area (Å²) in [6.45, 7) is 8.38. The van der Waals surface area contributed by atoms with Crippen molar-refractivity contribution in [2.75, 3.05) is 44.4 Å². The smallest absolute Gasteiger partial charge is 0.0641 e. The second-order valence-corrected chi connectivity index (χ2v) is 4.99. The van der Waals surface area contributed by atoms with Gasteiger partial charge in [0.25, 0.3) is 0 Å². The van der Waals surface area contributed by atoms with Crippen LogP contribution in [0.3, 0.4) is 0 Å². The van der Waals surface area contributed by atoms with Crippen LogP contribution in [0.4, 0.5) is 5.69 Å². The Hall–Kier alpha value is -0.480. The average Bonchev–Trinajstić information content (AvgIpc) is 2.46. The molecule has 5 heteroatoms. The van der Waals surface area contributed by atoms with Gasteiger partial charge in [-0.05, 0) is 31.5 Å². The minimum absolute atomic E-state index is 0.465. The molecule has 0 saturated carbocycles. The molecule has 0 saturated heterocycles. The standard InChI is InChI=1S/C15H23Cl2NO2/c1-3-19-9-7-18(8-10-20-4-2)15-11-14(17)6-5-13(15)12-16/h5-6,11H,3-4,7-10,12H2,1-2H3. The lowest BCUT2D eigenvalue weighted by Gasteiger charge is -2.27. The van der Waals surface area contributed by atoms with E-state index in [1.807, 2.05) is 32.0 Å². The van der Waals surface area contributed by atoms with Gasteiger partial charge in [0.15, 0.2) is 0 Å². The molecular weight excluding hydrogens is 297 g/mol. The zero-order valence-electron chi connectivity index (χ0n) is 12.2. The van der Waals surface area contributed by atoms with Crippen molar-refractivity contribution in [2.45, 2.75) is 19.7 Å². The fourth-order valence-electron chi connectivity index (χ4n) is 1.94. The molecule has 0 amide bonds. The molecule has 3 nitrogen and oxygen atoms in total. The summed E-state index contributed by atoms with van der Waals surface area (Å²) in [4.78, 5) is 2.22. The maximum absolute atomic E-state index is 6.11. The monoisotopic (exact) mass is 319 g/mol. The summed E-state index contributed by atoms with van der Waals surface area (Å²) in [6, 6.07) is 5.79. The molecule has 114 valence electrons. The third-order valence-corrected chi connectivity index (χ3v) is 3.47. The molecule has 0 aliphatic carbocycles. The number of rotatable bonds is 10. The molecule has 0 atom stereocenters. The largest absolute Gasteiger partial charge is 0.380 e. The highest BCUT2D eigenvalue weighted by Gasteiger charge is 2.11. The van der Waals surface area contributed by atoms with Gasteiger partial charge in [-0.3, -0.25) is 0 Å². The van der Waals surface area contributed by atoms with Gasteiger partial charge in [-0.25, -0.2) is 0 Å². The number of halogens is 2. The first-order chi connectivity index (χ1) is 9.72. The predicted molar refractivity (Wildman–Crippen MR) is 86.2 cm³/mol. The van der Waals surface area contributed by atoms with Gasteiger partial charge < -0.3 is 14.4 Å². The van der Waals surface area contributed by atoms with Gasteiger partial charge in [0.1, 0.15) is 0 Å². The molecule has 1 aromatic carbocycles. The molecule has 0 N–H and O–H groups in total. The normalized spacial score (nSPS) is 10.8. The second-order valence-electron chi connectivity index (χ2n) is 4.29. The van der Waals surface area contributed by atoms with Crippen molar-refractivity contribution in [3.63, 3.8) is 0 Å². The maximum Gasteiger partial charge on any atom is 0.0641 e. The van der Waals surface area contributed by atoms with Crippen LogP contribution in [-0.2, 0) is 15.4 Å². The molecule has 1 aromatic rings. The first-order valence-corrected chi connectivity index (χ1v) is 7.89. The van der Waals surface area contributed by atoms with Gasteiger partial charge in [-0.1, -0.05) is 17.7 Å². The lowest BCUT2D eigenvalue weighted by Crippen LogP contribution is -2.31. The lowest BCUT2D eigenvalue weighted by atomic mass is 10.2. The fourth-order valence-corrected chi connectivity index (χ4v) is 2.33. The van der Waals surface area contributed by atoms with E-state index in [0.717, 1.165) is 37.6 Å². The molecule has 0 bridgehead atoms. The third-order valence-electron chi connectivity index (χ3n) is 2.95. The van der Waals surface area contributed by atoms with Gasteiger partial charge in [0.05, 0.1) is 13.2 Å². The Balaban J connectivity index is 2.80. The minimum atomic E-state index is 0.465. The molecule has 0 aliphatic heterocycles. The van der Waals surface area contributed by atoms with Crippen molar-refractivity contribution in [3.8, 4) is 0 Å². The van der Waals surface area contributed by atoms with Gasteiger partial charge in [-0.15, -0.1) is 11.6 Å². The number of benzene rings is 1. The van der Waals surface area contributed by atoms with E-state index in [1.54, 1.807) is 0 Å². The number of anilines is 1. The van der Waals surface area contributed by atoms with Crippen molar-refractivity contribution in [1.29, 1.82) is 0 Å². The number of alkyl halides is 1. The Kier molecular flexibility index (Phi) is 9.03. The second kappa shape index (κ2) is 10.3. The highest BCUT2D eigenvalue weighted by Crippen LogP contribution is 2.26. The SMILES string of the molecule is CCOCCN(CCOCC)c1cc(Cl)ccc1CCl. The van der Waals surface area contributed by atoms with Crippen molar-refractivity contribution in [1.82, 2.24) is 0 Å². The molecule has 0 aliphatic rings. The van der Waals surface area contributed by atoms with Crippen LogP contribution in [0, 0.1) is 0 Å². The number of hydrogen-bond donors (Lipinski definition) is 0. The van der Waals surface area contributed by atoms with Crippen molar-refractivity contribution in [3.05, 3.63) is 28.8 Å². The van der Waals surface area contributed by atoms with Gasteiger partial charge >= 0.3 is 0 Å². The van der Waals surface area contributed by atoms with Crippen LogP contribution < -0.4 is 4.90 Å². The molecule has 1 rings (SSSR count). The molecule has 0 unspecified atom stereocenters. The highest BCUT2D eigenvalue weighted by atomic mass is 35.5. The summed E-state index contributed by atoms with van der Waals surface area (Å²) in [5.41, 5.74) is 2.14. The first kappa shape index (κ1) is 17.6. The quantitative estimate of drug-likeness (QED) is 0.481. The van der Waals surface area contributed by atoms with E-state index in [9.17, 15) is 0 Å². The molecule has 0 fully saturated rings. The number of hydrogen-bond acceptors (Lipinski definition) is 3. The molecular formula is C15H23Cl2NO2. The van der Waals surface area contributed by atoms with Crippen LogP contribution >= 0.6 is 23.2 Å². The lowest BCUT2D eigenvalue weighted by molar-refractivity contribution is 0.141. The third kappa shape index (κ3) is 5.88. The van der Waals surface area contributed by atoms with Crippen LogP contribution in [0.5, 0.6) is 0 Å². The Morgan fingerprint density at radius 2 is 1.65 bits per heavy atom. The van der Waals surface area contributed by atoms with E-state index in [1.165, 1.54) is 0 Å². The van der Waals surface area contributed by atoms with Crippen LogP contribution in [0.1, 0.15) is 19.4 Å². The van der Waals surface area contributed by atoms with Crippen LogP contribution in [-0.4, -0.2) is 39.5 Å². The van der Waals surface area contributed by atoms with E-state index in [4.69, 9.17) is 32.7 Å². The van der Waals surface area contributed by atoms with Crippen molar-refractivity contribution >= 4 is 28.9 Å². The summed E-state index contributed by atoms with van der Waals surface area (Å²) < 4.78 is 10.9. The Labute approximate surface area is 131 Å². The van der Waals surface area contributed by atoms with Crippen LogP contribution in [0.25, 0.3) is 0 Å². The fraction of sp³-hybridized carbons (Fsp3) is 0.600. The summed E-state index contributed by atoms with van der Waals surface area (Å²) in [5, 5.41) is 0.715. The summed E-state index contributed by atoms with van der Waals surface area (Å²) in [6.07, 6.45) is 0. The predicted octanol–water partition coefficient (Wildman–Crippen LogP) is 3.96. The molecule has 0 radical (unpaired) electrons. The topological polar surface area (TPSA) is 21.7 Å². The molecule has 0 heterocycles. The van der Waals surface area contributed by atoms with Gasteiger partial charge in [-0.2, -0.15) is 0 Å². The van der Waals surface area contributed by atoms with Crippen LogP contribution in [0.15, 0.2) is 18.2 Å². The van der Waals surface area contributed by atoms with Crippen molar-refractivity contribution in [2.24, 2.45) is 0 Å².